The average Bonchev–Trinajstić information content (AvgIpc) is 3.15. The Bertz CT molecular complexity index is 1050. The Morgan fingerprint density at radius 3 is 2.19 bits per heavy atom. The minimum absolute atomic E-state index is 0.00618. The zero-order valence-corrected chi connectivity index (χ0v) is 16.5. The third-order valence-electron chi connectivity index (χ3n) is 4.97. The van der Waals surface area contributed by atoms with Crippen LogP contribution in [-0.4, -0.2) is 52.9 Å². The van der Waals surface area contributed by atoms with E-state index in [1.165, 1.54) is 6.33 Å². The predicted molar refractivity (Wildman–Crippen MR) is 106 cm³/mol. The second-order valence-electron chi connectivity index (χ2n) is 7.32. The molecule has 2 heterocycles. The maximum Gasteiger partial charge on any atom is 0.416 e. The monoisotopic (exact) mass is 438 g/mol. The Morgan fingerprint density at radius 2 is 1.55 bits per heavy atom. The molecule has 1 aliphatic rings. The number of rotatable bonds is 4. The first-order chi connectivity index (χ1) is 14.7. The summed E-state index contributed by atoms with van der Waals surface area (Å²) < 4.78 is 68.4. The summed E-state index contributed by atoms with van der Waals surface area (Å²) in [5.41, 5.74) is -0.0951. The van der Waals surface area contributed by atoms with Gasteiger partial charge >= 0.3 is 6.18 Å². The van der Waals surface area contributed by atoms with Crippen LogP contribution in [0.25, 0.3) is 5.69 Å². The van der Waals surface area contributed by atoms with E-state index in [1.807, 2.05) is 11.9 Å². The van der Waals surface area contributed by atoms with E-state index in [0.717, 1.165) is 48.1 Å². The van der Waals surface area contributed by atoms with E-state index in [1.54, 1.807) is 6.07 Å². The van der Waals surface area contributed by atoms with Crippen LogP contribution in [0.4, 0.5) is 39.3 Å². The number of hydrogen-bond acceptors (Lipinski definition) is 5. The molecule has 4 rings (SSSR count). The van der Waals surface area contributed by atoms with E-state index in [0.29, 0.717) is 18.8 Å². The Morgan fingerprint density at radius 1 is 0.871 bits per heavy atom. The van der Waals surface area contributed by atoms with Gasteiger partial charge < -0.3 is 15.1 Å². The fraction of sp³-hybridized carbons (Fsp3) is 0.300. The lowest BCUT2D eigenvalue weighted by atomic mass is 10.1. The highest BCUT2D eigenvalue weighted by molar-refractivity contribution is 5.64. The molecule has 1 aliphatic heterocycles. The molecule has 1 fully saturated rings. The van der Waals surface area contributed by atoms with E-state index in [9.17, 15) is 22.0 Å². The van der Waals surface area contributed by atoms with Crippen LogP contribution in [-0.2, 0) is 6.18 Å². The van der Waals surface area contributed by atoms with Crippen molar-refractivity contribution in [3.63, 3.8) is 0 Å². The normalized spacial score (nSPS) is 15.4. The van der Waals surface area contributed by atoms with Crippen molar-refractivity contribution < 1.29 is 22.0 Å². The van der Waals surface area contributed by atoms with Crippen molar-refractivity contribution in [2.45, 2.75) is 6.18 Å². The number of alkyl halides is 3. The molecule has 1 saturated heterocycles. The van der Waals surface area contributed by atoms with Gasteiger partial charge in [0.1, 0.15) is 18.0 Å². The van der Waals surface area contributed by atoms with E-state index in [2.05, 4.69) is 20.3 Å². The molecule has 0 bridgehead atoms. The zero-order valence-electron chi connectivity index (χ0n) is 16.5. The molecule has 0 amide bonds. The first kappa shape index (κ1) is 21.0. The van der Waals surface area contributed by atoms with Crippen molar-refractivity contribution in [3.05, 3.63) is 59.9 Å². The molecule has 1 N–H and O–H groups in total. The second kappa shape index (κ2) is 8.14. The molecular weight excluding hydrogens is 419 g/mol. The SMILES string of the molecule is CN1CCN(c2cc(Nc3ncn(-c4cc(F)cc(F)c4)n3)cc(C(F)(F)F)c2)CC1. The Kier molecular flexibility index (Phi) is 5.52. The first-order valence-corrected chi connectivity index (χ1v) is 9.48. The van der Waals surface area contributed by atoms with Crippen molar-refractivity contribution in [1.82, 2.24) is 19.7 Å². The third kappa shape index (κ3) is 4.93. The molecule has 1 aromatic heterocycles. The van der Waals surface area contributed by atoms with Crippen molar-refractivity contribution in [3.8, 4) is 5.69 Å². The van der Waals surface area contributed by atoms with Crippen LogP contribution in [0.3, 0.4) is 0 Å². The van der Waals surface area contributed by atoms with Crippen molar-refractivity contribution in [2.24, 2.45) is 0 Å². The lowest BCUT2D eigenvalue weighted by Gasteiger charge is -2.34. The van der Waals surface area contributed by atoms with Gasteiger partial charge in [-0.3, -0.25) is 0 Å². The van der Waals surface area contributed by atoms with Gasteiger partial charge in [0.2, 0.25) is 5.95 Å². The first-order valence-electron chi connectivity index (χ1n) is 9.48. The van der Waals surface area contributed by atoms with Crippen molar-refractivity contribution >= 4 is 17.3 Å². The number of nitrogens with one attached hydrogen (secondary N) is 1. The minimum Gasteiger partial charge on any atom is -0.369 e. The number of aromatic nitrogens is 3. The highest BCUT2D eigenvalue weighted by atomic mass is 19.4. The molecule has 6 nitrogen and oxygen atoms in total. The summed E-state index contributed by atoms with van der Waals surface area (Å²) in [5, 5.41) is 6.82. The number of hydrogen-bond donors (Lipinski definition) is 1. The Labute approximate surface area is 174 Å². The number of nitrogens with zero attached hydrogens (tertiary/aromatic N) is 5. The van der Waals surface area contributed by atoms with Gasteiger partial charge in [0.05, 0.1) is 11.3 Å². The van der Waals surface area contributed by atoms with Crippen LogP contribution >= 0.6 is 0 Å². The van der Waals surface area contributed by atoms with E-state index in [4.69, 9.17) is 0 Å². The van der Waals surface area contributed by atoms with E-state index < -0.39 is 23.4 Å². The van der Waals surface area contributed by atoms with Crippen LogP contribution in [0.2, 0.25) is 0 Å². The van der Waals surface area contributed by atoms with Gasteiger partial charge in [0.15, 0.2) is 0 Å². The number of benzene rings is 2. The molecule has 0 unspecified atom stereocenters. The molecule has 3 aromatic rings. The highest BCUT2D eigenvalue weighted by Crippen LogP contribution is 2.35. The molecule has 2 aromatic carbocycles. The summed E-state index contributed by atoms with van der Waals surface area (Å²) in [7, 11) is 1.96. The number of piperazine rings is 1. The highest BCUT2D eigenvalue weighted by Gasteiger charge is 2.32. The molecule has 0 saturated carbocycles. The van der Waals surface area contributed by atoms with E-state index in [-0.39, 0.29) is 17.3 Å². The molecular formula is C20H19F5N6. The summed E-state index contributed by atoms with van der Waals surface area (Å²) in [6, 6.07) is 6.56. The lowest BCUT2D eigenvalue weighted by molar-refractivity contribution is -0.137. The van der Waals surface area contributed by atoms with Gasteiger partial charge in [0, 0.05) is 43.6 Å². The average molecular weight is 438 g/mol. The quantitative estimate of drug-likeness (QED) is 0.623. The topological polar surface area (TPSA) is 49.2 Å². The number of likely N-dealkylation sites (N-methyl/N-ethyl adjacent to an activating group) is 1. The second-order valence-corrected chi connectivity index (χ2v) is 7.32. The van der Waals surface area contributed by atoms with Gasteiger partial charge in [-0.25, -0.2) is 13.5 Å². The van der Waals surface area contributed by atoms with Crippen LogP contribution in [0.5, 0.6) is 0 Å². The molecule has 0 spiro atoms. The van der Waals surface area contributed by atoms with Gasteiger partial charge in [0.25, 0.3) is 0 Å². The summed E-state index contributed by atoms with van der Waals surface area (Å²) in [6.07, 6.45) is -3.31. The van der Waals surface area contributed by atoms with Crippen LogP contribution in [0.15, 0.2) is 42.7 Å². The maximum atomic E-state index is 13.5. The standard InChI is InChI=1S/C20H19F5N6/c1-29-2-4-30(5-3-29)17-7-13(20(23,24)25)6-16(11-17)27-19-26-12-31(28-19)18-9-14(21)8-15(22)10-18/h6-12H,2-5H2,1H3,(H,27,28). The molecule has 0 aliphatic carbocycles. The summed E-state index contributed by atoms with van der Waals surface area (Å²) in [5.74, 6) is -1.57. The number of anilines is 3. The predicted octanol–water partition coefficient (Wildman–Crippen LogP) is 4.06. The molecule has 0 radical (unpaired) electrons. The fourth-order valence-corrected chi connectivity index (χ4v) is 3.34. The van der Waals surface area contributed by atoms with Crippen LogP contribution in [0.1, 0.15) is 5.56 Å². The van der Waals surface area contributed by atoms with Crippen LogP contribution < -0.4 is 10.2 Å². The molecule has 11 heteroatoms. The van der Waals surface area contributed by atoms with Gasteiger partial charge in [-0.1, -0.05) is 0 Å². The van der Waals surface area contributed by atoms with E-state index >= 15 is 0 Å². The summed E-state index contributed by atoms with van der Waals surface area (Å²) in [4.78, 5) is 7.98. The Hall–Kier alpha value is -3.21. The molecule has 164 valence electrons. The van der Waals surface area contributed by atoms with Gasteiger partial charge in [-0.2, -0.15) is 18.2 Å². The van der Waals surface area contributed by atoms with Crippen molar-refractivity contribution in [2.75, 3.05) is 43.4 Å². The third-order valence-corrected chi connectivity index (χ3v) is 4.97. The van der Waals surface area contributed by atoms with Gasteiger partial charge in [-0.05, 0) is 37.4 Å². The summed E-state index contributed by atoms with van der Waals surface area (Å²) in [6.45, 7) is 2.70. The van der Waals surface area contributed by atoms with Crippen LogP contribution in [0, 0.1) is 11.6 Å². The minimum atomic E-state index is -4.52. The fourth-order valence-electron chi connectivity index (χ4n) is 3.34. The number of halogens is 5. The lowest BCUT2D eigenvalue weighted by Crippen LogP contribution is -2.44. The maximum absolute atomic E-state index is 13.5. The molecule has 0 atom stereocenters. The largest absolute Gasteiger partial charge is 0.416 e. The zero-order chi connectivity index (χ0) is 22.2. The molecule has 31 heavy (non-hydrogen) atoms. The summed E-state index contributed by atoms with van der Waals surface area (Å²) >= 11 is 0. The smallest absolute Gasteiger partial charge is 0.369 e. The Balaban J connectivity index is 1.62. The van der Waals surface area contributed by atoms with Crippen molar-refractivity contribution in [1.29, 1.82) is 0 Å². The van der Waals surface area contributed by atoms with Gasteiger partial charge in [-0.15, -0.1) is 5.10 Å².